The quantitative estimate of drug-likeness (QED) is 0.453. The highest BCUT2D eigenvalue weighted by molar-refractivity contribution is 6.30. The lowest BCUT2D eigenvalue weighted by atomic mass is 9.92. The number of carboxylic acids is 2. The second-order valence-corrected chi connectivity index (χ2v) is 9.51. The van der Waals surface area contributed by atoms with Gasteiger partial charge in [-0.1, -0.05) is 29.8 Å². The van der Waals surface area contributed by atoms with Gasteiger partial charge in [-0.05, 0) is 60.4 Å². The van der Waals surface area contributed by atoms with E-state index in [1.54, 1.807) is 6.07 Å². The minimum absolute atomic E-state index is 0.376. The molecule has 0 unspecified atom stereocenters. The summed E-state index contributed by atoms with van der Waals surface area (Å²) >= 11 is 6.06. The van der Waals surface area contributed by atoms with Gasteiger partial charge in [-0.15, -0.1) is 0 Å². The Bertz CT molecular complexity index is 1320. The first-order chi connectivity index (χ1) is 18.0. The molecule has 2 aliphatic rings. The van der Waals surface area contributed by atoms with E-state index in [2.05, 4.69) is 15.9 Å². The van der Waals surface area contributed by atoms with Crippen molar-refractivity contribution < 1.29 is 33.0 Å². The topological polar surface area (TPSA) is 94.0 Å². The lowest BCUT2D eigenvalue weighted by Gasteiger charge is -2.46. The average molecular weight is 548 g/mol. The first-order valence-electron chi connectivity index (χ1n) is 11.9. The number of rotatable bonds is 4. The van der Waals surface area contributed by atoms with E-state index in [0.29, 0.717) is 11.6 Å². The van der Waals surface area contributed by atoms with Crippen LogP contribution in [0.5, 0.6) is 0 Å². The molecular formula is C27H25ClF3N3O4. The summed E-state index contributed by atoms with van der Waals surface area (Å²) in [6, 6.07) is 18.0. The molecule has 1 atom stereocenters. The molecule has 0 radical (unpaired) electrons. The molecule has 2 aliphatic heterocycles. The maximum Gasteiger partial charge on any atom is 0.490 e. The Morgan fingerprint density at radius 1 is 1.05 bits per heavy atom. The first-order valence-corrected chi connectivity index (χ1v) is 12.3. The number of carbonyl (C=O) groups is 2. The van der Waals surface area contributed by atoms with Crippen molar-refractivity contribution >= 4 is 29.2 Å². The van der Waals surface area contributed by atoms with E-state index in [1.807, 2.05) is 48.7 Å². The molecule has 1 saturated heterocycles. The standard InChI is InChI=1S/C25H24ClN3O2.C2HF3O2/c26-20-7-3-17(4-8-20)22-2-1-11-27-23(22)16-28-12-13-29-21(15-28)9-5-18-14-19(25(30)31)6-10-24(18)29;3-2(4,5)1(6)7/h1-4,6-8,10-11,14,21H,5,9,12-13,15-16H2,(H,30,31);(H,6,7)/t21-;/m1./s1. The Balaban J connectivity index is 0.000000426. The van der Waals surface area contributed by atoms with Crippen molar-refractivity contribution in [2.75, 3.05) is 24.5 Å². The number of carboxylic acid groups (broad SMARTS) is 2. The van der Waals surface area contributed by atoms with Crippen molar-refractivity contribution in [3.8, 4) is 11.1 Å². The molecule has 0 bridgehead atoms. The van der Waals surface area contributed by atoms with E-state index in [9.17, 15) is 23.1 Å². The predicted molar refractivity (Wildman–Crippen MR) is 137 cm³/mol. The maximum atomic E-state index is 11.3. The third-order valence-electron chi connectivity index (χ3n) is 6.61. The van der Waals surface area contributed by atoms with Gasteiger partial charge in [0.2, 0.25) is 0 Å². The number of nitrogens with zero attached hydrogens (tertiary/aromatic N) is 3. The van der Waals surface area contributed by atoms with E-state index < -0.39 is 18.1 Å². The Hall–Kier alpha value is -3.63. The fourth-order valence-electron chi connectivity index (χ4n) is 4.82. The zero-order valence-electron chi connectivity index (χ0n) is 20.2. The second kappa shape index (κ2) is 11.4. The highest BCUT2D eigenvalue weighted by Crippen LogP contribution is 2.34. The van der Waals surface area contributed by atoms with Gasteiger partial charge >= 0.3 is 18.1 Å². The number of halogens is 4. The minimum Gasteiger partial charge on any atom is -0.478 e. The number of piperazine rings is 1. The van der Waals surface area contributed by atoms with Crippen molar-refractivity contribution in [1.29, 1.82) is 0 Å². The molecule has 7 nitrogen and oxygen atoms in total. The Labute approximate surface area is 222 Å². The Kier molecular flexibility index (Phi) is 8.23. The molecule has 1 fully saturated rings. The third-order valence-corrected chi connectivity index (χ3v) is 6.86. The van der Waals surface area contributed by atoms with Gasteiger partial charge in [0.15, 0.2) is 0 Å². The normalized spacial score (nSPS) is 17.1. The summed E-state index contributed by atoms with van der Waals surface area (Å²) in [7, 11) is 0. The van der Waals surface area contributed by atoms with Gasteiger partial charge < -0.3 is 15.1 Å². The zero-order valence-corrected chi connectivity index (χ0v) is 20.9. The number of alkyl halides is 3. The lowest BCUT2D eigenvalue weighted by Crippen LogP contribution is -2.54. The van der Waals surface area contributed by atoms with Gasteiger partial charge in [0, 0.05) is 54.7 Å². The van der Waals surface area contributed by atoms with Crippen LogP contribution in [0.1, 0.15) is 28.0 Å². The summed E-state index contributed by atoms with van der Waals surface area (Å²) in [5.41, 5.74) is 6.09. The van der Waals surface area contributed by atoms with Crippen molar-refractivity contribution in [1.82, 2.24) is 9.88 Å². The molecule has 3 heterocycles. The number of aryl methyl sites for hydroxylation is 1. The number of benzene rings is 2. The monoisotopic (exact) mass is 547 g/mol. The SMILES string of the molecule is O=C(O)C(F)(F)F.O=C(O)c1ccc2c(c1)CC[C@@H]1CN(Cc3ncccc3-c3ccc(Cl)cc3)CCN21. The summed E-state index contributed by atoms with van der Waals surface area (Å²) in [6.07, 6.45) is -1.26. The summed E-state index contributed by atoms with van der Waals surface area (Å²) in [5.74, 6) is -3.62. The molecule has 2 N–H and O–H groups in total. The van der Waals surface area contributed by atoms with Crippen molar-refractivity contribution in [3.63, 3.8) is 0 Å². The molecule has 5 rings (SSSR count). The maximum absolute atomic E-state index is 11.3. The summed E-state index contributed by atoms with van der Waals surface area (Å²) in [4.78, 5) is 29.8. The number of anilines is 1. The van der Waals surface area contributed by atoms with E-state index in [4.69, 9.17) is 26.5 Å². The molecule has 0 aliphatic carbocycles. The minimum atomic E-state index is -5.08. The molecule has 11 heteroatoms. The number of hydrogen-bond acceptors (Lipinski definition) is 5. The molecule has 3 aromatic rings. The summed E-state index contributed by atoms with van der Waals surface area (Å²) in [6.45, 7) is 3.69. The van der Waals surface area contributed by atoms with Crippen LogP contribution in [-0.4, -0.2) is 63.9 Å². The fourth-order valence-corrected chi connectivity index (χ4v) is 4.94. The van der Waals surface area contributed by atoms with Gasteiger partial charge in [0.05, 0.1) is 11.3 Å². The molecule has 1 aromatic heterocycles. The van der Waals surface area contributed by atoms with Crippen molar-refractivity contribution in [2.45, 2.75) is 31.6 Å². The van der Waals surface area contributed by atoms with E-state index in [-0.39, 0.29) is 0 Å². The highest BCUT2D eigenvalue weighted by Gasteiger charge is 2.38. The number of aliphatic carboxylic acids is 1. The average Bonchev–Trinajstić information content (AvgIpc) is 2.89. The molecule has 2 aromatic carbocycles. The zero-order chi connectivity index (χ0) is 27.4. The van der Waals surface area contributed by atoms with Crippen molar-refractivity contribution in [3.05, 3.63) is 82.6 Å². The molecule has 38 heavy (non-hydrogen) atoms. The van der Waals surface area contributed by atoms with Gasteiger partial charge in [0.1, 0.15) is 0 Å². The molecule has 200 valence electrons. The summed E-state index contributed by atoms with van der Waals surface area (Å²) < 4.78 is 31.7. The first kappa shape index (κ1) is 27.4. The van der Waals surface area contributed by atoms with E-state index in [0.717, 1.165) is 66.4 Å². The van der Waals surface area contributed by atoms with Gasteiger partial charge in [-0.3, -0.25) is 9.88 Å². The number of fused-ring (bicyclic) bond motifs is 3. The van der Waals surface area contributed by atoms with Crippen LogP contribution in [-0.2, 0) is 17.8 Å². The van der Waals surface area contributed by atoms with Crippen LogP contribution < -0.4 is 4.90 Å². The fraction of sp³-hybridized carbons (Fsp3) is 0.296. The van der Waals surface area contributed by atoms with Crippen LogP contribution in [0.3, 0.4) is 0 Å². The smallest absolute Gasteiger partial charge is 0.478 e. The number of hydrogen-bond donors (Lipinski definition) is 2. The highest BCUT2D eigenvalue weighted by atomic mass is 35.5. The number of aromatic carboxylic acids is 1. The number of aromatic nitrogens is 1. The van der Waals surface area contributed by atoms with E-state index in [1.165, 1.54) is 5.69 Å². The summed E-state index contributed by atoms with van der Waals surface area (Å²) in [5, 5.41) is 17.1. The van der Waals surface area contributed by atoms with Crippen LogP contribution in [0.4, 0.5) is 18.9 Å². The second-order valence-electron chi connectivity index (χ2n) is 9.08. The lowest BCUT2D eigenvalue weighted by molar-refractivity contribution is -0.192. The Morgan fingerprint density at radius 3 is 2.42 bits per heavy atom. The van der Waals surface area contributed by atoms with Gasteiger partial charge in [-0.2, -0.15) is 13.2 Å². The van der Waals surface area contributed by atoms with Crippen LogP contribution in [0.15, 0.2) is 60.8 Å². The molecule has 0 saturated carbocycles. The molecule has 0 amide bonds. The van der Waals surface area contributed by atoms with Crippen LogP contribution in [0.2, 0.25) is 5.02 Å². The molecular weight excluding hydrogens is 523 g/mol. The third kappa shape index (κ3) is 6.43. The van der Waals surface area contributed by atoms with Crippen LogP contribution in [0.25, 0.3) is 11.1 Å². The Morgan fingerprint density at radius 2 is 1.76 bits per heavy atom. The predicted octanol–water partition coefficient (Wildman–Crippen LogP) is 5.37. The van der Waals surface area contributed by atoms with Crippen LogP contribution in [0, 0.1) is 0 Å². The number of pyridine rings is 1. The van der Waals surface area contributed by atoms with Crippen LogP contribution >= 0.6 is 11.6 Å². The van der Waals surface area contributed by atoms with Gasteiger partial charge in [0.25, 0.3) is 0 Å². The largest absolute Gasteiger partial charge is 0.490 e. The molecule has 0 spiro atoms. The van der Waals surface area contributed by atoms with Gasteiger partial charge in [-0.25, -0.2) is 9.59 Å². The van der Waals surface area contributed by atoms with E-state index >= 15 is 0 Å². The van der Waals surface area contributed by atoms with Crippen molar-refractivity contribution in [2.24, 2.45) is 0 Å².